The van der Waals surface area contributed by atoms with Gasteiger partial charge in [0.1, 0.15) is 0 Å². The molecular weight excluding hydrogens is 338 g/mol. The average Bonchev–Trinajstić information content (AvgIpc) is 3.26. The molecule has 0 spiro atoms. The van der Waals surface area contributed by atoms with Crippen LogP contribution in [-0.4, -0.2) is 51.8 Å². The maximum atomic E-state index is 13.5. The summed E-state index contributed by atoms with van der Waals surface area (Å²) in [6, 6.07) is 2.00. The Morgan fingerprint density at radius 3 is 2.41 bits per heavy atom. The first-order chi connectivity index (χ1) is 12.7. The predicted octanol–water partition coefficient (Wildman–Crippen LogP) is 2.91. The predicted molar refractivity (Wildman–Crippen MR) is 107 cm³/mol. The van der Waals surface area contributed by atoms with Crippen LogP contribution in [0.4, 0.5) is 0 Å². The maximum absolute atomic E-state index is 13.5. The number of amides is 1. The van der Waals surface area contributed by atoms with Crippen molar-refractivity contribution in [3.63, 3.8) is 0 Å². The van der Waals surface area contributed by atoms with E-state index < -0.39 is 0 Å². The topological polar surface area (TPSA) is 63.1 Å². The second-order valence-corrected chi connectivity index (χ2v) is 9.50. The molecule has 2 aliphatic heterocycles. The van der Waals surface area contributed by atoms with Gasteiger partial charge in [-0.1, -0.05) is 13.8 Å². The monoisotopic (exact) mass is 369 g/mol. The van der Waals surface area contributed by atoms with E-state index in [4.69, 9.17) is 10.1 Å². The Morgan fingerprint density at radius 2 is 1.85 bits per heavy atom. The van der Waals surface area contributed by atoms with Crippen LogP contribution in [0.15, 0.2) is 6.07 Å². The summed E-state index contributed by atoms with van der Waals surface area (Å²) in [5.74, 6) is 1.57. The first-order valence-corrected chi connectivity index (χ1v) is 10.1. The van der Waals surface area contributed by atoms with E-state index in [1.807, 2.05) is 22.6 Å². The summed E-state index contributed by atoms with van der Waals surface area (Å²) in [6.07, 6.45) is 0. The van der Waals surface area contributed by atoms with Crippen LogP contribution in [0.2, 0.25) is 0 Å². The lowest BCUT2D eigenvalue weighted by molar-refractivity contribution is 0.0783. The van der Waals surface area contributed by atoms with Crippen LogP contribution >= 0.6 is 0 Å². The van der Waals surface area contributed by atoms with Crippen LogP contribution in [0.25, 0.3) is 11.0 Å². The van der Waals surface area contributed by atoms with Gasteiger partial charge in [-0.2, -0.15) is 5.10 Å². The van der Waals surface area contributed by atoms with Crippen molar-refractivity contribution in [2.45, 2.75) is 53.0 Å². The first kappa shape index (κ1) is 18.4. The Labute approximate surface area is 161 Å². The van der Waals surface area contributed by atoms with Crippen molar-refractivity contribution >= 4 is 16.9 Å². The number of fused-ring (bicyclic) bond motifs is 2. The Hall–Kier alpha value is -1.95. The largest absolute Gasteiger partial charge is 0.338 e. The molecule has 6 nitrogen and oxygen atoms in total. The number of pyridine rings is 1. The van der Waals surface area contributed by atoms with Crippen molar-refractivity contribution in [2.75, 3.05) is 26.2 Å². The Morgan fingerprint density at radius 1 is 1.22 bits per heavy atom. The van der Waals surface area contributed by atoms with Crippen molar-refractivity contribution in [1.29, 1.82) is 0 Å². The van der Waals surface area contributed by atoms with Crippen molar-refractivity contribution in [2.24, 2.45) is 11.8 Å². The third-order valence-corrected chi connectivity index (χ3v) is 5.97. The molecule has 0 radical (unpaired) electrons. The Kier molecular flexibility index (Phi) is 4.29. The van der Waals surface area contributed by atoms with Gasteiger partial charge in [0.25, 0.3) is 5.91 Å². The number of aromatic nitrogens is 3. The van der Waals surface area contributed by atoms with Crippen molar-refractivity contribution < 1.29 is 4.79 Å². The standard InChI is InChI=1S/C21H31N5O/c1-12(2)17-7-16(20(27)25-10-14-8-22-9-15(14)11-25)18-13(3)24-26(19(18)23-17)21(4,5)6/h7,12,14-15,22H,8-11H2,1-6H3/t14-,15+. The summed E-state index contributed by atoms with van der Waals surface area (Å²) in [5.41, 5.74) is 3.25. The van der Waals surface area contributed by atoms with Gasteiger partial charge in [-0.15, -0.1) is 0 Å². The number of carbonyl (C=O) groups is 1. The van der Waals surface area contributed by atoms with Crippen LogP contribution in [0, 0.1) is 18.8 Å². The lowest BCUT2D eigenvalue weighted by atomic mass is 10.0. The van der Waals surface area contributed by atoms with Gasteiger partial charge >= 0.3 is 0 Å². The fourth-order valence-electron chi connectivity index (χ4n) is 4.43. The minimum absolute atomic E-state index is 0.134. The van der Waals surface area contributed by atoms with Gasteiger partial charge < -0.3 is 10.2 Å². The molecule has 1 N–H and O–H groups in total. The van der Waals surface area contributed by atoms with Crippen LogP contribution in [-0.2, 0) is 5.54 Å². The molecule has 2 aliphatic rings. The van der Waals surface area contributed by atoms with E-state index in [1.165, 1.54) is 0 Å². The van der Waals surface area contributed by atoms with E-state index in [0.29, 0.717) is 11.8 Å². The fraction of sp³-hybridized carbons (Fsp3) is 0.667. The molecular formula is C21H31N5O. The zero-order chi connectivity index (χ0) is 19.5. The van der Waals surface area contributed by atoms with E-state index in [2.05, 4.69) is 39.9 Å². The van der Waals surface area contributed by atoms with Gasteiger partial charge in [-0.25, -0.2) is 9.67 Å². The SMILES string of the molecule is Cc1nn(C(C)(C)C)c2nc(C(C)C)cc(C(=O)N3C[C@H]4CNC[C@H]4C3)c12. The summed E-state index contributed by atoms with van der Waals surface area (Å²) >= 11 is 0. The molecule has 0 aliphatic carbocycles. The highest BCUT2D eigenvalue weighted by Gasteiger charge is 2.39. The second kappa shape index (κ2) is 6.30. The highest BCUT2D eigenvalue weighted by molar-refractivity contribution is 6.06. The van der Waals surface area contributed by atoms with Crippen molar-refractivity contribution in [3.8, 4) is 0 Å². The maximum Gasteiger partial charge on any atom is 0.254 e. The van der Waals surface area contributed by atoms with E-state index in [0.717, 1.165) is 54.2 Å². The van der Waals surface area contributed by atoms with Gasteiger partial charge in [-0.05, 0) is 51.5 Å². The molecule has 0 saturated carbocycles. The lowest BCUT2D eigenvalue weighted by Gasteiger charge is -2.22. The Balaban J connectivity index is 1.84. The highest BCUT2D eigenvalue weighted by atomic mass is 16.2. The molecule has 6 heteroatoms. The third kappa shape index (κ3) is 3.04. The summed E-state index contributed by atoms with van der Waals surface area (Å²) < 4.78 is 1.98. The van der Waals surface area contributed by atoms with E-state index >= 15 is 0 Å². The fourth-order valence-corrected chi connectivity index (χ4v) is 4.43. The molecule has 2 fully saturated rings. The molecule has 27 heavy (non-hydrogen) atoms. The zero-order valence-corrected chi connectivity index (χ0v) is 17.3. The van der Waals surface area contributed by atoms with E-state index in [-0.39, 0.29) is 17.4 Å². The minimum Gasteiger partial charge on any atom is -0.338 e. The number of rotatable bonds is 2. The average molecular weight is 370 g/mol. The number of likely N-dealkylation sites (tertiary alicyclic amines) is 1. The quantitative estimate of drug-likeness (QED) is 0.884. The van der Waals surface area contributed by atoms with Gasteiger partial charge in [-0.3, -0.25) is 4.79 Å². The number of carbonyl (C=O) groups excluding carboxylic acids is 1. The number of aryl methyl sites for hydroxylation is 1. The van der Waals surface area contributed by atoms with Gasteiger partial charge in [0.05, 0.1) is 22.2 Å². The highest BCUT2D eigenvalue weighted by Crippen LogP contribution is 2.32. The summed E-state index contributed by atoms with van der Waals surface area (Å²) in [5, 5.41) is 9.12. The first-order valence-electron chi connectivity index (χ1n) is 10.1. The number of hydrogen-bond donors (Lipinski definition) is 1. The molecule has 4 rings (SSSR count). The molecule has 2 aromatic rings. The minimum atomic E-state index is -0.189. The summed E-state index contributed by atoms with van der Waals surface area (Å²) in [6.45, 7) is 16.4. The normalized spacial score (nSPS) is 22.9. The van der Waals surface area contributed by atoms with E-state index in [9.17, 15) is 4.79 Å². The number of hydrogen-bond acceptors (Lipinski definition) is 4. The van der Waals surface area contributed by atoms with Crippen LogP contribution < -0.4 is 5.32 Å². The molecule has 2 atom stereocenters. The zero-order valence-electron chi connectivity index (χ0n) is 17.3. The van der Waals surface area contributed by atoms with Gasteiger partial charge in [0.2, 0.25) is 0 Å². The number of nitrogens with one attached hydrogen (secondary N) is 1. The molecule has 2 saturated heterocycles. The lowest BCUT2D eigenvalue weighted by Crippen LogP contribution is -2.32. The molecule has 4 heterocycles. The third-order valence-electron chi connectivity index (χ3n) is 5.97. The van der Waals surface area contributed by atoms with Crippen molar-refractivity contribution in [3.05, 3.63) is 23.0 Å². The van der Waals surface area contributed by atoms with Gasteiger partial charge in [0.15, 0.2) is 5.65 Å². The summed E-state index contributed by atoms with van der Waals surface area (Å²) in [4.78, 5) is 20.5. The smallest absolute Gasteiger partial charge is 0.254 e. The molecule has 2 aromatic heterocycles. The molecule has 146 valence electrons. The van der Waals surface area contributed by atoms with Crippen LogP contribution in [0.5, 0.6) is 0 Å². The van der Waals surface area contributed by atoms with Gasteiger partial charge in [0, 0.05) is 31.9 Å². The molecule has 0 unspecified atom stereocenters. The number of nitrogens with zero attached hydrogens (tertiary/aromatic N) is 4. The van der Waals surface area contributed by atoms with E-state index in [1.54, 1.807) is 0 Å². The second-order valence-electron chi connectivity index (χ2n) is 9.50. The van der Waals surface area contributed by atoms with Crippen molar-refractivity contribution in [1.82, 2.24) is 25.0 Å². The van der Waals surface area contributed by atoms with Crippen LogP contribution in [0.1, 0.15) is 62.3 Å². The Bertz CT molecular complexity index is 880. The summed E-state index contributed by atoms with van der Waals surface area (Å²) in [7, 11) is 0. The molecule has 0 aromatic carbocycles. The molecule has 0 bridgehead atoms. The van der Waals surface area contributed by atoms with Crippen LogP contribution in [0.3, 0.4) is 0 Å². The molecule has 1 amide bonds.